The fraction of sp³-hybridized carbons (Fsp3) is 0.375. The fourth-order valence-electron chi connectivity index (χ4n) is 2.49. The minimum atomic E-state index is 0.315. The van der Waals surface area contributed by atoms with Gasteiger partial charge in [0.2, 0.25) is 0 Å². The lowest BCUT2D eigenvalue weighted by Crippen LogP contribution is -2.13. The number of phenols is 1. The van der Waals surface area contributed by atoms with Crippen LogP contribution in [0.15, 0.2) is 30.3 Å². The van der Waals surface area contributed by atoms with Crippen molar-refractivity contribution in [2.45, 2.75) is 40.4 Å². The number of nitrogens with zero attached hydrogens (tertiary/aromatic N) is 1. The van der Waals surface area contributed by atoms with Crippen LogP contribution in [0.5, 0.6) is 5.75 Å². The van der Waals surface area contributed by atoms with E-state index in [0.29, 0.717) is 5.75 Å². The number of aryl methyl sites for hydroxylation is 1. The first-order chi connectivity index (χ1) is 9.11. The van der Waals surface area contributed by atoms with E-state index in [4.69, 9.17) is 0 Å². The first kappa shape index (κ1) is 13.7. The molecule has 0 spiro atoms. The molecule has 19 heavy (non-hydrogen) atoms. The second kappa shape index (κ2) is 5.93. The molecule has 0 saturated carbocycles. The number of aromatic hydroxyl groups is 1. The fourth-order valence-corrected chi connectivity index (χ4v) is 2.49. The van der Waals surface area contributed by atoms with E-state index in [1.165, 1.54) is 22.5 Å². The minimum Gasteiger partial charge on any atom is -0.508 e. The van der Waals surface area contributed by atoms with Crippen LogP contribution in [0.1, 0.15) is 29.4 Å². The average Bonchev–Trinajstić information content (AvgIpc) is 2.66. The molecule has 0 unspecified atom stereocenters. The Morgan fingerprint density at radius 3 is 2.37 bits per heavy atom. The van der Waals surface area contributed by atoms with E-state index in [0.717, 1.165) is 19.6 Å². The molecule has 1 heterocycles. The van der Waals surface area contributed by atoms with E-state index in [2.05, 4.69) is 36.7 Å². The molecule has 0 atom stereocenters. The molecule has 1 aromatic carbocycles. The van der Waals surface area contributed by atoms with Crippen molar-refractivity contribution in [3.8, 4) is 5.75 Å². The van der Waals surface area contributed by atoms with Crippen molar-refractivity contribution >= 4 is 0 Å². The highest BCUT2D eigenvalue weighted by Crippen LogP contribution is 2.15. The van der Waals surface area contributed by atoms with Crippen LogP contribution in [0.25, 0.3) is 0 Å². The number of hydrogen-bond donors (Lipinski definition) is 2. The van der Waals surface area contributed by atoms with Gasteiger partial charge in [-0.05, 0) is 50.1 Å². The van der Waals surface area contributed by atoms with Crippen LogP contribution in [0.4, 0.5) is 0 Å². The Bertz CT molecular complexity index is 541. The Morgan fingerprint density at radius 1 is 1.11 bits per heavy atom. The summed E-state index contributed by atoms with van der Waals surface area (Å²) in [5.74, 6) is 0.315. The minimum absolute atomic E-state index is 0.315. The van der Waals surface area contributed by atoms with E-state index in [-0.39, 0.29) is 0 Å². The van der Waals surface area contributed by atoms with Crippen LogP contribution >= 0.6 is 0 Å². The monoisotopic (exact) mass is 258 g/mol. The summed E-state index contributed by atoms with van der Waals surface area (Å²) in [4.78, 5) is 0. The normalized spacial score (nSPS) is 10.9. The zero-order valence-electron chi connectivity index (χ0n) is 11.9. The van der Waals surface area contributed by atoms with Gasteiger partial charge in [-0.2, -0.15) is 0 Å². The molecule has 3 nitrogen and oxygen atoms in total. The number of rotatable bonds is 5. The molecule has 0 aliphatic heterocycles. The van der Waals surface area contributed by atoms with Gasteiger partial charge in [-0.15, -0.1) is 0 Å². The third kappa shape index (κ3) is 3.18. The molecule has 0 aliphatic carbocycles. The van der Waals surface area contributed by atoms with Gasteiger partial charge < -0.3 is 15.0 Å². The molecule has 2 N–H and O–H groups in total. The van der Waals surface area contributed by atoms with Crippen molar-refractivity contribution in [2.24, 2.45) is 0 Å². The van der Waals surface area contributed by atoms with Crippen molar-refractivity contribution in [1.29, 1.82) is 0 Å². The van der Waals surface area contributed by atoms with Crippen LogP contribution in [-0.4, -0.2) is 9.67 Å². The number of phenolic OH excluding ortho intramolecular Hbond substituents is 1. The second-order valence-corrected chi connectivity index (χ2v) is 4.91. The predicted molar refractivity (Wildman–Crippen MR) is 78.2 cm³/mol. The highest BCUT2D eigenvalue weighted by molar-refractivity contribution is 5.28. The standard InChI is InChI=1S/C16H22N2O/c1-4-18-12(2)9-15(13(18)3)11-17-10-14-5-7-16(19)8-6-14/h5-9,17,19H,4,10-11H2,1-3H3. The number of nitrogens with one attached hydrogen (secondary N) is 1. The molecule has 2 aromatic rings. The van der Waals surface area contributed by atoms with Gasteiger partial charge in [-0.1, -0.05) is 12.1 Å². The molecular formula is C16H22N2O. The molecule has 0 fully saturated rings. The Hall–Kier alpha value is -1.74. The van der Waals surface area contributed by atoms with E-state index < -0.39 is 0 Å². The van der Waals surface area contributed by atoms with E-state index in [9.17, 15) is 5.11 Å². The largest absolute Gasteiger partial charge is 0.508 e. The van der Waals surface area contributed by atoms with E-state index >= 15 is 0 Å². The van der Waals surface area contributed by atoms with Crippen molar-refractivity contribution in [2.75, 3.05) is 0 Å². The van der Waals surface area contributed by atoms with Gasteiger partial charge in [0.25, 0.3) is 0 Å². The van der Waals surface area contributed by atoms with Gasteiger partial charge in [0.05, 0.1) is 0 Å². The van der Waals surface area contributed by atoms with Crippen molar-refractivity contribution in [3.05, 3.63) is 52.8 Å². The number of aromatic nitrogens is 1. The highest BCUT2D eigenvalue weighted by Gasteiger charge is 2.06. The average molecular weight is 258 g/mol. The van der Waals surface area contributed by atoms with Crippen LogP contribution in [0.2, 0.25) is 0 Å². The zero-order valence-corrected chi connectivity index (χ0v) is 11.9. The topological polar surface area (TPSA) is 37.2 Å². The Kier molecular flexibility index (Phi) is 4.27. The lowest BCUT2D eigenvalue weighted by atomic mass is 10.2. The number of benzene rings is 1. The summed E-state index contributed by atoms with van der Waals surface area (Å²) in [5.41, 5.74) is 5.21. The summed E-state index contributed by atoms with van der Waals surface area (Å²) in [6.07, 6.45) is 0. The van der Waals surface area contributed by atoms with Crippen LogP contribution in [0, 0.1) is 13.8 Å². The first-order valence-electron chi connectivity index (χ1n) is 6.76. The molecular weight excluding hydrogens is 236 g/mol. The SMILES string of the molecule is CCn1c(C)cc(CNCc2ccc(O)cc2)c1C. The predicted octanol–water partition coefficient (Wildman–Crippen LogP) is 3.12. The third-order valence-electron chi connectivity index (χ3n) is 3.58. The molecule has 0 aliphatic rings. The molecule has 3 heteroatoms. The molecule has 0 radical (unpaired) electrons. The summed E-state index contributed by atoms with van der Waals surface area (Å²) in [6, 6.07) is 9.58. The lowest BCUT2D eigenvalue weighted by molar-refractivity contribution is 0.475. The van der Waals surface area contributed by atoms with Gasteiger partial charge in [-0.25, -0.2) is 0 Å². The lowest BCUT2D eigenvalue weighted by Gasteiger charge is -2.07. The van der Waals surface area contributed by atoms with E-state index in [1.807, 2.05) is 12.1 Å². The summed E-state index contributed by atoms with van der Waals surface area (Å²) < 4.78 is 2.33. The summed E-state index contributed by atoms with van der Waals surface area (Å²) >= 11 is 0. The molecule has 0 bridgehead atoms. The summed E-state index contributed by atoms with van der Waals surface area (Å²) in [5, 5.41) is 12.7. The highest BCUT2D eigenvalue weighted by atomic mass is 16.3. The molecule has 2 rings (SSSR count). The van der Waals surface area contributed by atoms with Crippen LogP contribution in [0.3, 0.4) is 0 Å². The smallest absolute Gasteiger partial charge is 0.115 e. The van der Waals surface area contributed by atoms with Gasteiger partial charge in [0, 0.05) is 31.0 Å². The second-order valence-electron chi connectivity index (χ2n) is 4.91. The third-order valence-corrected chi connectivity index (χ3v) is 3.58. The van der Waals surface area contributed by atoms with Gasteiger partial charge in [-0.3, -0.25) is 0 Å². The Morgan fingerprint density at radius 2 is 1.79 bits per heavy atom. The maximum atomic E-state index is 9.23. The maximum Gasteiger partial charge on any atom is 0.115 e. The van der Waals surface area contributed by atoms with Crippen molar-refractivity contribution in [1.82, 2.24) is 9.88 Å². The number of hydrogen-bond acceptors (Lipinski definition) is 2. The molecule has 1 aromatic heterocycles. The van der Waals surface area contributed by atoms with Gasteiger partial charge in [0.1, 0.15) is 5.75 Å². The van der Waals surface area contributed by atoms with E-state index in [1.54, 1.807) is 12.1 Å². The molecule has 0 amide bonds. The quantitative estimate of drug-likeness (QED) is 0.864. The summed E-state index contributed by atoms with van der Waals surface area (Å²) in [7, 11) is 0. The Balaban J connectivity index is 1.94. The summed E-state index contributed by atoms with van der Waals surface area (Å²) in [6.45, 7) is 9.22. The van der Waals surface area contributed by atoms with Crippen molar-refractivity contribution < 1.29 is 5.11 Å². The van der Waals surface area contributed by atoms with Crippen LogP contribution < -0.4 is 5.32 Å². The molecule has 0 saturated heterocycles. The molecule has 102 valence electrons. The maximum absolute atomic E-state index is 9.23. The van der Waals surface area contributed by atoms with Gasteiger partial charge in [0.15, 0.2) is 0 Å². The van der Waals surface area contributed by atoms with Gasteiger partial charge >= 0.3 is 0 Å². The zero-order chi connectivity index (χ0) is 13.8. The van der Waals surface area contributed by atoms with Crippen molar-refractivity contribution in [3.63, 3.8) is 0 Å². The van der Waals surface area contributed by atoms with Crippen LogP contribution in [-0.2, 0) is 19.6 Å². The first-order valence-corrected chi connectivity index (χ1v) is 6.76. The Labute approximate surface area is 114 Å².